The lowest BCUT2D eigenvalue weighted by Crippen LogP contribution is -2.73. The van der Waals surface area contributed by atoms with E-state index in [1.54, 1.807) is 0 Å². The molecule has 428 valence electrons. The second-order valence-corrected chi connectivity index (χ2v) is 30.1. The number of benzene rings is 12. The van der Waals surface area contributed by atoms with Gasteiger partial charge in [-0.05, 0) is 155 Å². The van der Waals surface area contributed by atoms with Crippen LogP contribution in [-0.4, -0.2) is 20.1 Å². The van der Waals surface area contributed by atoms with E-state index in [9.17, 15) is 0 Å². The Morgan fingerprint density at radius 3 is 0.912 bits per heavy atom. The van der Waals surface area contributed by atoms with Crippen LogP contribution in [0.2, 0.25) is 0 Å². The van der Waals surface area contributed by atoms with Crippen molar-refractivity contribution in [2.45, 2.75) is 88.7 Å². The number of hydrogen-bond donors (Lipinski definition) is 0. The van der Waals surface area contributed by atoms with Crippen molar-refractivity contribution in [1.29, 1.82) is 0 Å². The van der Waals surface area contributed by atoms with Gasteiger partial charge in [0.25, 0.3) is 0 Å². The zero-order chi connectivity index (χ0) is 60.1. The average Bonchev–Trinajstić information content (AvgIpc) is 1.19. The molecule has 0 fully saturated rings. The number of nitrogens with zero attached hydrogens (tertiary/aromatic N) is 1. The van der Waals surface area contributed by atoms with Crippen molar-refractivity contribution < 1.29 is 13.3 Å². The van der Waals surface area contributed by atoms with Crippen molar-refractivity contribution in [3.05, 3.63) is 217 Å². The predicted molar refractivity (Wildman–Crippen MR) is 387 cm³/mol. The molecule has 15 aromatic rings. The van der Waals surface area contributed by atoms with E-state index in [0.717, 1.165) is 49.7 Å². The summed E-state index contributed by atoms with van der Waals surface area (Å²) in [4.78, 5) is 11.1. The van der Waals surface area contributed by atoms with Crippen LogP contribution in [0.15, 0.2) is 243 Å². The molecule has 0 radical (unpaired) electrons. The van der Waals surface area contributed by atoms with E-state index >= 15 is 0 Å². The number of furan rings is 3. The minimum Gasteiger partial charge on any atom is -0.456 e. The molecule has 9 heterocycles. The number of fused-ring (bicyclic) bond motifs is 18. The van der Waals surface area contributed by atoms with Crippen LogP contribution in [0, 0.1) is 0 Å². The summed E-state index contributed by atoms with van der Waals surface area (Å²) in [5.74, 6) is 0.796. The van der Waals surface area contributed by atoms with E-state index in [0.29, 0.717) is 0 Å². The van der Waals surface area contributed by atoms with Crippen molar-refractivity contribution in [2.75, 3.05) is 4.90 Å². The molecule has 0 bridgehead atoms. The van der Waals surface area contributed by atoms with Crippen molar-refractivity contribution in [1.82, 2.24) is 0 Å². The second kappa shape index (κ2) is 18.4. The van der Waals surface area contributed by atoms with Gasteiger partial charge < -0.3 is 18.2 Å². The Bertz CT molecular complexity index is 5300. The fourth-order valence-corrected chi connectivity index (χ4v) is 21.4. The molecule has 0 N–H and O–H groups in total. The topological polar surface area (TPSA) is 42.7 Å². The lowest BCUT2D eigenvalue weighted by Gasteiger charge is -2.53. The molecule has 10 heteroatoms. The third-order valence-electron chi connectivity index (χ3n) is 21.1. The van der Waals surface area contributed by atoms with E-state index in [1.807, 2.05) is 35.3 Å². The largest absolute Gasteiger partial charge is 0.456 e. The Morgan fingerprint density at radius 1 is 0.308 bits per heavy atom. The molecule has 91 heavy (non-hydrogen) atoms. The summed E-state index contributed by atoms with van der Waals surface area (Å²) in [5.41, 5.74) is 34.0. The van der Waals surface area contributed by atoms with Gasteiger partial charge in [-0.25, -0.2) is 0 Å². The smallest absolute Gasteiger partial charge is 0.249 e. The van der Waals surface area contributed by atoms with Gasteiger partial charge in [0.15, 0.2) is 0 Å². The molecular formula is C81H54B3NO3S3. The minimum absolute atomic E-state index is 0.0494. The molecule has 6 aliphatic rings. The SMILES string of the molecule is CC(C)c1cc2c3c4c1Sc1ccc(-c5cccc6oc7ccccc7c56)cc1B4c1cc(C(C)C)c4c5c1N3c1c(cc(C(C)C)c3c1B2c1cc(-c2cccc6oc7ccccc7c26)ccc1S3)B5c1cc(-c2cccc3oc5ccccc5c23)ccc1S4. The van der Waals surface area contributed by atoms with Crippen LogP contribution in [0.5, 0.6) is 0 Å². The molecule has 0 saturated carbocycles. The van der Waals surface area contributed by atoms with Gasteiger partial charge in [0, 0.05) is 78.8 Å². The van der Waals surface area contributed by atoms with Crippen LogP contribution >= 0.6 is 35.3 Å². The summed E-state index contributed by atoms with van der Waals surface area (Å²) in [6.07, 6.45) is 0. The summed E-state index contributed by atoms with van der Waals surface area (Å²) < 4.78 is 19.8. The van der Waals surface area contributed by atoms with Crippen molar-refractivity contribution in [2.24, 2.45) is 0 Å². The van der Waals surface area contributed by atoms with Crippen molar-refractivity contribution >= 4 is 187 Å². The zero-order valence-electron chi connectivity index (χ0n) is 50.9. The van der Waals surface area contributed by atoms with Crippen LogP contribution < -0.4 is 54.1 Å². The van der Waals surface area contributed by atoms with E-state index in [2.05, 4.69) is 247 Å². The lowest BCUT2D eigenvalue weighted by atomic mass is 9.26. The van der Waals surface area contributed by atoms with E-state index in [4.69, 9.17) is 13.3 Å². The van der Waals surface area contributed by atoms with Gasteiger partial charge in [0.1, 0.15) is 33.5 Å². The first-order chi connectivity index (χ1) is 44.6. The van der Waals surface area contributed by atoms with Crippen LogP contribution in [0.3, 0.4) is 0 Å². The summed E-state index contributed by atoms with van der Waals surface area (Å²) in [5, 5.41) is 6.95. The van der Waals surface area contributed by atoms with Gasteiger partial charge in [-0.2, -0.15) is 0 Å². The Balaban J connectivity index is 0.889. The fraction of sp³-hybridized carbons (Fsp3) is 0.111. The van der Waals surface area contributed by atoms with E-state index in [-0.39, 0.29) is 37.9 Å². The van der Waals surface area contributed by atoms with Crippen molar-refractivity contribution in [3.8, 4) is 33.4 Å². The maximum atomic E-state index is 6.60. The molecule has 0 unspecified atom stereocenters. The monoisotopic (exact) mass is 1220 g/mol. The maximum Gasteiger partial charge on any atom is 0.249 e. The molecule has 0 amide bonds. The summed E-state index contributed by atoms with van der Waals surface area (Å²) in [6.45, 7) is 14.4. The van der Waals surface area contributed by atoms with Crippen LogP contribution in [-0.2, 0) is 0 Å². The van der Waals surface area contributed by atoms with Gasteiger partial charge in [0.05, 0.1) is 0 Å². The molecule has 0 saturated heterocycles. The van der Waals surface area contributed by atoms with Crippen LogP contribution in [0.25, 0.3) is 99.2 Å². The van der Waals surface area contributed by atoms with Gasteiger partial charge in [-0.1, -0.05) is 239 Å². The molecular weight excluding hydrogens is 1160 g/mol. The molecule has 12 aromatic carbocycles. The lowest BCUT2D eigenvalue weighted by molar-refractivity contribution is 0.668. The Hall–Kier alpha value is -8.92. The number of para-hydroxylation sites is 3. The summed E-state index contributed by atoms with van der Waals surface area (Å²) >= 11 is 6.03. The molecule has 0 atom stereocenters. The third-order valence-corrected chi connectivity index (χ3v) is 24.9. The van der Waals surface area contributed by atoms with E-state index in [1.165, 1.54) is 162 Å². The van der Waals surface area contributed by atoms with Gasteiger partial charge in [0.2, 0.25) is 20.1 Å². The van der Waals surface area contributed by atoms with Gasteiger partial charge in [-0.3, -0.25) is 0 Å². The predicted octanol–water partition coefficient (Wildman–Crippen LogP) is 17.1. The Kier molecular flexibility index (Phi) is 10.5. The molecule has 0 aliphatic carbocycles. The minimum atomic E-state index is -0.0494. The number of anilines is 3. The maximum absolute atomic E-state index is 6.60. The van der Waals surface area contributed by atoms with Crippen molar-refractivity contribution in [3.63, 3.8) is 0 Å². The fourth-order valence-electron chi connectivity index (χ4n) is 17.3. The van der Waals surface area contributed by atoms with Crippen LogP contribution in [0.1, 0.15) is 76.0 Å². The zero-order valence-corrected chi connectivity index (χ0v) is 53.4. The molecule has 3 aromatic heterocycles. The highest BCUT2D eigenvalue weighted by molar-refractivity contribution is 8.00. The Morgan fingerprint density at radius 2 is 0.604 bits per heavy atom. The molecule has 4 nitrogen and oxygen atoms in total. The number of hydrogen-bond acceptors (Lipinski definition) is 7. The highest BCUT2D eigenvalue weighted by Crippen LogP contribution is 2.53. The average molecular weight is 1220 g/mol. The standard InChI is InChI=1S/C81H54B3NO3S3/c1-40(2)52-37-58-76-73-79(52)89-67-31-28-43(46-19-13-25-64-70(46)49-16-7-10-22-61(49)86-64)34-55(67)83(73)59-38-53(41(3)4)81-75-77(59)85(76)78-60(84(75)57-36-45(30-33-69(57)91-81)48-21-15-27-66-72(48)51-18-9-12-24-63(51)88-66)39-54(42(5)6)80-74(78)82(58)56-35-44(29-32-68(56)90-80)47-20-14-26-65-71(47)50-17-8-11-23-62(50)87-65/h7-42H,1-6H3. The van der Waals surface area contributed by atoms with Gasteiger partial charge in [-0.15, -0.1) is 0 Å². The first-order valence-electron chi connectivity index (χ1n) is 32.2. The first-order valence-corrected chi connectivity index (χ1v) is 34.7. The summed E-state index contributed by atoms with van der Waals surface area (Å²) in [7, 11) is 0. The Labute approximate surface area is 540 Å². The highest BCUT2D eigenvalue weighted by atomic mass is 32.2. The third kappa shape index (κ3) is 6.80. The van der Waals surface area contributed by atoms with Crippen LogP contribution in [0.4, 0.5) is 17.1 Å². The molecule has 0 spiro atoms. The van der Waals surface area contributed by atoms with E-state index < -0.39 is 0 Å². The summed E-state index contributed by atoms with van der Waals surface area (Å²) in [6, 6.07) is 75.8. The van der Waals surface area contributed by atoms with Gasteiger partial charge >= 0.3 is 0 Å². The molecule has 21 rings (SSSR count). The quantitative estimate of drug-likeness (QED) is 0.154. The second-order valence-electron chi connectivity index (χ2n) is 26.9. The molecule has 6 aliphatic heterocycles. The number of rotatable bonds is 6. The first kappa shape index (κ1) is 51.8. The normalized spacial score (nSPS) is 14.3. The highest BCUT2D eigenvalue weighted by Gasteiger charge is 2.56.